The van der Waals surface area contributed by atoms with Gasteiger partial charge in [-0.3, -0.25) is 4.79 Å². The minimum absolute atomic E-state index is 0.0306. The summed E-state index contributed by atoms with van der Waals surface area (Å²) in [5, 5.41) is 0. The molecule has 258 valence electrons. The number of sulfonamides is 1. The molecule has 4 heterocycles. The van der Waals surface area contributed by atoms with Gasteiger partial charge in [0.1, 0.15) is 17.9 Å². The van der Waals surface area contributed by atoms with Crippen LogP contribution in [0.5, 0.6) is 11.5 Å². The number of carbonyl (C=O) groups is 1. The lowest BCUT2D eigenvalue weighted by Gasteiger charge is -2.54. The number of amides is 1. The molecule has 0 radical (unpaired) electrons. The van der Waals surface area contributed by atoms with E-state index in [0.29, 0.717) is 29.6 Å². The maximum atomic E-state index is 14.5. The van der Waals surface area contributed by atoms with Gasteiger partial charge in [0, 0.05) is 43.2 Å². The van der Waals surface area contributed by atoms with E-state index in [-0.39, 0.29) is 46.9 Å². The van der Waals surface area contributed by atoms with E-state index < -0.39 is 15.8 Å². The number of nitrogens with one attached hydrogen (secondary N) is 1. The van der Waals surface area contributed by atoms with Crippen LogP contribution in [0.2, 0.25) is 0 Å². The molecule has 11 nitrogen and oxygen atoms in total. The highest BCUT2D eigenvalue weighted by molar-refractivity contribution is 7.89. The Bertz CT molecular complexity index is 1520. The molecule has 1 saturated carbocycles. The number of nitrogens with zero attached hydrogens (tertiary/aromatic N) is 5. The van der Waals surface area contributed by atoms with Gasteiger partial charge >= 0.3 is 0 Å². The van der Waals surface area contributed by atoms with Crippen LogP contribution in [0.1, 0.15) is 69.7 Å². The van der Waals surface area contributed by atoms with Gasteiger partial charge in [0.2, 0.25) is 10.0 Å². The normalized spacial score (nSPS) is 26.1. The second-order valence-corrected chi connectivity index (χ2v) is 17.0. The number of hydrogen-bond donors (Lipinski definition) is 1. The highest BCUT2D eigenvalue weighted by Gasteiger charge is 2.46. The third kappa shape index (κ3) is 7.90. The number of likely N-dealkylation sites (tertiary alicyclic amines) is 1. The third-order valence-electron chi connectivity index (χ3n) is 10.2. The van der Waals surface area contributed by atoms with Crippen molar-refractivity contribution in [1.29, 1.82) is 0 Å². The smallest absolute Gasteiger partial charge is 0.258 e. The maximum Gasteiger partial charge on any atom is 0.258 e. The van der Waals surface area contributed by atoms with Crippen molar-refractivity contribution in [3.05, 3.63) is 42.1 Å². The van der Waals surface area contributed by atoms with Crippen molar-refractivity contribution in [2.24, 2.45) is 5.41 Å². The molecule has 1 aromatic heterocycles. The molecule has 1 aromatic carbocycles. The fourth-order valence-corrected chi connectivity index (χ4v) is 8.91. The van der Waals surface area contributed by atoms with Crippen LogP contribution in [-0.4, -0.2) is 109 Å². The Balaban J connectivity index is 1.04. The Morgan fingerprint density at radius 1 is 1.21 bits per heavy atom. The lowest BCUT2D eigenvalue weighted by molar-refractivity contribution is -0.0299. The van der Waals surface area contributed by atoms with Gasteiger partial charge in [0.05, 0.1) is 30.2 Å². The van der Waals surface area contributed by atoms with Crippen molar-refractivity contribution in [3.63, 3.8) is 0 Å². The van der Waals surface area contributed by atoms with E-state index in [1.165, 1.54) is 24.5 Å². The second kappa shape index (κ2) is 14.2. The van der Waals surface area contributed by atoms with Crippen molar-refractivity contribution in [1.82, 2.24) is 24.5 Å². The quantitative estimate of drug-likeness (QED) is 0.349. The fourth-order valence-electron chi connectivity index (χ4n) is 7.42. The van der Waals surface area contributed by atoms with E-state index in [1.54, 1.807) is 13.1 Å². The van der Waals surface area contributed by atoms with Gasteiger partial charge < -0.3 is 24.2 Å². The van der Waals surface area contributed by atoms with Gasteiger partial charge in [-0.25, -0.2) is 27.5 Å². The molecule has 1 N–H and O–H groups in total. The molecule has 3 aliphatic heterocycles. The molecule has 4 aliphatic rings. The molecular weight excluding hydrogens is 642 g/mol. The van der Waals surface area contributed by atoms with E-state index >= 15 is 0 Å². The molecule has 6 rings (SSSR count). The van der Waals surface area contributed by atoms with Crippen LogP contribution in [0, 0.1) is 11.2 Å². The first-order valence-corrected chi connectivity index (χ1v) is 19.2. The molecule has 3 atom stereocenters. The molecule has 2 unspecified atom stereocenters. The maximum absolute atomic E-state index is 14.5. The van der Waals surface area contributed by atoms with Gasteiger partial charge in [-0.15, -0.1) is 9.24 Å². The monoisotopic (exact) mass is 690 g/mol. The van der Waals surface area contributed by atoms with E-state index in [9.17, 15) is 17.6 Å². The molecular formula is C33H48FN6O5PS. The summed E-state index contributed by atoms with van der Waals surface area (Å²) in [7, 11) is -0.400. The van der Waals surface area contributed by atoms with Crippen LogP contribution in [0.25, 0.3) is 0 Å². The Labute approximate surface area is 280 Å². The van der Waals surface area contributed by atoms with E-state index in [1.807, 2.05) is 18.7 Å². The largest absolute Gasteiger partial charge is 0.451 e. The summed E-state index contributed by atoms with van der Waals surface area (Å²) in [6, 6.07) is 4.05. The van der Waals surface area contributed by atoms with Crippen LogP contribution in [0.4, 0.5) is 10.2 Å². The first-order valence-electron chi connectivity index (χ1n) is 16.9. The molecule has 1 spiro atoms. The van der Waals surface area contributed by atoms with Gasteiger partial charge in [0.25, 0.3) is 5.91 Å². The van der Waals surface area contributed by atoms with E-state index in [2.05, 4.69) is 33.7 Å². The minimum Gasteiger partial charge on any atom is -0.451 e. The first kappa shape index (κ1) is 34.4. The average molecular weight is 691 g/mol. The highest BCUT2D eigenvalue weighted by Crippen LogP contribution is 2.45. The van der Waals surface area contributed by atoms with Crippen molar-refractivity contribution in [3.8, 4) is 11.5 Å². The van der Waals surface area contributed by atoms with Crippen LogP contribution >= 0.6 is 9.24 Å². The topological polar surface area (TPSA) is 117 Å². The zero-order chi connectivity index (χ0) is 33.3. The van der Waals surface area contributed by atoms with E-state index in [4.69, 9.17) is 9.47 Å². The number of piperidine rings is 1. The molecule has 14 heteroatoms. The zero-order valence-electron chi connectivity index (χ0n) is 27.6. The predicted molar refractivity (Wildman–Crippen MR) is 182 cm³/mol. The lowest BCUT2D eigenvalue weighted by Crippen LogP contribution is -2.61. The number of halogens is 1. The molecule has 1 aliphatic carbocycles. The molecule has 4 fully saturated rings. The third-order valence-corrected chi connectivity index (χ3v) is 12.2. The van der Waals surface area contributed by atoms with Crippen LogP contribution in [0.15, 0.2) is 30.7 Å². The van der Waals surface area contributed by atoms with Crippen LogP contribution < -0.4 is 14.4 Å². The summed E-state index contributed by atoms with van der Waals surface area (Å²) in [6.45, 7) is 10.6. The zero-order valence-corrected chi connectivity index (χ0v) is 29.6. The van der Waals surface area contributed by atoms with Crippen molar-refractivity contribution < 1.29 is 27.1 Å². The molecule has 3 saturated heterocycles. The van der Waals surface area contributed by atoms with Crippen LogP contribution in [-0.2, 0) is 14.8 Å². The molecule has 2 aromatic rings. The lowest BCUT2D eigenvalue weighted by atomic mass is 9.72. The van der Waals surface area contributed by atoms with Gasteiger partial charge in [-0.05, 0) is 96.2 Å². The Morgan fingerprint density at radius 2 is 1.96 bits per heavy atom. The molecule has 1 amide bonds. The summed E-state index contributed by atoms with van der Waals surface area (Å²) in [5.41, 5.74) is 0.890. The second-order valence-electron chi connectivity index (χ2n) is 14.1. The fraction of sp³-hybridized carbons (Fsp3) is 0.667. The van der Waals surface area contributed by atoms with Crippen LogP contribution in [0.3, 0.4) is 0 Å². The summed E-state index contributed by atoms with van der Waals surface area (Å²) in [6.07, 6.45) is 8.83. The Kier molecular flexibility index (Phi) is 10.4. The minimum atomic E-state index is -3.22. The Hall–Kier alpha value is -2.44. The van der Waals surface area contributed by atoms with Crippen molar-refractivity contribution in [2.45, 2.75) is 89.2 Å². The SMILES string of the molecule is CCS(=O)(=O)NC1CC[C@@H](CN2CCC3(CC2)CN(c2ncncc2Oc2ccc(F)cc2C(=O)N(C(C)C)C2CC(P)C2)C3)OC1. The van der Waals surface area contributed by atoms with Crippen molar-refractivity contribution in [2.75, 3.05) is 50.0 Å². The number of carbonyl (C=O) groups excluding carboxylic acids is 1. The Morgan fingerprint density at radius 3 is 2.60 bits per heavy atom. The summed E-state index contributed by atoms with van der Waals surface area (Å²) >= 11 is 0. The van der Waals surface area contributed by atoms with Gasteiger partial charge in [0.15, 0.2) is 11.6 Å². The number of anilines is 1. The standard InChI is InChI=1S/C33H48FN6O5PS/c1-4-47(42,43)37-24-6-7-26(44-18-24)17-38-11-9-33(10-12-38)19-39(20-33)31-30(16-35-21-36-31)45-29-8-5-23(34)13-28(29)32(41)40(22(2)3)25-14-27(46)15-25/h5,8,13,16,21-22,24-27,37H,4,6-7,9-12,14-15,17-20,46H2,1-3H3/t24?,25?,26-,27?/m0/s1. The average Bonchev–Trinajstić information content (AvgIpc) is 3.01. The molecule has 47 heavy (non-hydrogen) atoms. The predicted octanol–water partition coefficient (Wildman–Crippen LogP) is 4.05. The highest BCUT2D eigenvalue weighted by atomic mass is 32.2. The summed E-state index contributed by atoms with van der Waals surface area (Å²) in [5.74, 6) is 0.773. The number of benzene rings is 1. The summed E-state index contributed by atoms with van der Waals surface area (Å²) in [4.78, 5) is 29.1. The number of aromatic nitrogens is 2. The molecule has 0 bridgehead atoms. The number of rotatable bonds is 11. The number of ether oxygens (including phenoxy) is 2. The van der Waals surface area contributed by atoms with Gasteiger partial charge in [-0.2, -0.15) is 0 Å². The van der Waals surface area contributed by atoms with E-state index in [0.717, 1.165) is 71.2 Å². The summed E-state index contributed by atoms with van der Waals surface area (Å²) < 4.78 is 53.4. The van der Waals surface area contributed by atoms with Crippen molar-refractivity contribution >= 4 is 31.0 Å². The van der Waals surface area contributed by atoms with Gasteiger partial charge in [-0.1, -0.05) is 0 Å². The number of hydrogen-bond acceptors (Lipinski definition) is 9. The first-order chi connectivity index (χ1) is 22.4.